The molecule has 1 aromatic rings. The van der Waals surface area contributed by atoms with Gasteiger partial charge in [0.1, 0.15) is 5.60 Å². The third kappa shape index (κ3) is 7.54. The van der Waals surface area contributed by atoms with E-state index in [0.717, 1.165) is 24.5 Å². The number of hydrogen-bond donors (Lipinski definition) is 3. The molecule has 4 N–H and O–H groups in total. The van der Waals surface area contributed by atoms with Crippen molar-refractivity contribution >= 4 is 22.1 Å². The van der Waals surface area contributed by atoms with Gasteiger partial charge >= 0.3 is 6.09 Å². The first-order valence-electron chi connectivity index (χ1n) is 9.62. The van der Waals surface area contributed by atoms with E-state index in [1.54, 1.807) is 12.1 Å². The molecule has 29 heavy (non-hydrogen) atoms. The molecule has 1 heterocycles. The van der Waals surface area contributed by atoms with Crippen LogP contribution in [0.5, 0.6) is 0 Å². The maximum Gasteiger partial charge on any atom is 0.407 e. The average Bonchev–Trinajstić information content (AvgIpc) is 3.04. The lowest BCUT2D eigenvalue weighted by Gasteiger charge is -2.23. The number of sulfonamides is 1. The highest BCUT2D eigenvalue weighted by Gasteiger charge is 2.27. The minimum atomic E-state index is -3.70. The number of nitrogens with two attached hydrogens (primary N) is 1. The molecule has 1 aliphatic rings. The molecule has 0 bridgehead atoms. The summed E-state index contributed by atoms with van der Waals surface area (Å²) < 4.78 is 28.0. The number of hydrogen-bond acceptors (Lipinski definition) is 5. The maximum absolute atomic E-state index is 12.0. The van der Waals surface area contributed by atoms with Gasteiger partial charge in [-0.05, 0) is 51.8 Å². The lowest BCUT2D eigenvalue weighted by atomic mass is 10.2. The first-order chi connectivity index (χ1) is 13.5. The highest BCUT2D eigenvalue weighted by Crippen LogP contribution is 2.13. The van der Waals surface area contributed by atoms with Crippen LogP contribution in [0.15, 0.2) is 34.2 Å². The molecule has 9 nitrogen and oxygen atoms in total. The fourth-order valence-electron chi connectivity index (χ4n) is 2.92. The van der Waals surface area contributed by atoms with E-state index in [0.29, 0.717) is 19.6 Å². The van der Waals surface area contributed by atoms with Gasteiger partial charge in [0.2, 0.25) is 10.0 Å². The molecular weight excluding hydrogens is 394 g/mol. The lowest BCUT2D eigenvalue weighted by molar-refractivity contribution is 0.0507. The fourth-order valence-corrected chi connectivity index (χ4v) is 3.44. The Labute approximate surface area is 172 Å². The molecule has 0 aliphatic carbocycles. The number of likely N-dealkylation sites (tertiary alicyclic amines) is 1. The minimum absolute atomic E-state index is 0.0113. The van der Waals surface area contributed by atoms with E-state index in [2.05, 4.69) is 20.5 Å². The van der Waals surface area contributed by atoms with Crippen molar-refractivity contribution in [3.8, 4) is 0 Å². The third-order valence-electron chi connectivity index (χ3n) is 4.21. The minimum Gasteiger partial charge on any atom is -0.444 e. The van der Waals surface area contributed by atoms with Crippen LogP contribution < -0.4 is 15.8 Å². The fraction of sp³-hybridized carbons (Fsp3) is 0.579. The van der Waals surface area contributed by atoms with Crippen LogP contribution in [0.2, 0.25) is 0 Å². The summed E-state index contributed by atoms with van der Waals surface area (Å²) in [5.41, 5.74) is 0.341. The Kier molecular flexibility index (Phi) is 7.48. The molecule has 1 aliphatic heterocycles. The summed E-state index contributed by atoms with van der Waals surface area (Å²) in [7, 11) is -3.70. The molecule has 1 unspecified atom stereocenters. The van der Waals surface area contributed by atoms with Crippen LogP contribution in [0, 0.1) is 0 Å². The Bertz CT molecular complexity index is 831. The van der Waals surface area contributed by atoms with E-state index in [1.807, 2.05) is 27.7 Å². The summed E-state index contributed by atoms with van der Waals surface area (Å²) in [4.78, 5) is 18.8. The number of ether oxygens (including phenoxy) is 1. The molecule has 0 aromatic heterocycles. The first kappa shape index (κ1) is 23.0. The van der Waals surface area contributed by atoms with Gasteiger partial charge in [0.05, 0.1) is 17.5 Å². The number of aliphatic imine (C=N–C) groups is 1. The zero-order valence-corrected chi connectivity index (χ0v) is 18.3. The molecule has 0 spiro atoms. The topological polar surface area (TPSA) is 126 Å². The molecule has 1 saturated heterocycles. The maximum atomic E-state index is 12.0. The van der Waals surface area contributed by atoms with Gasteiger partial charge in [0, 0.05) is 19.6 Å². The number of carbonyl (C=O) groups excluding carboxylic acids is 1. The SMILES string of the molecule is CCNC(=NCc1ccc(S(N)(=O)=O)cc1)N1CCC(NC(=O)OC(C)(C)C)C1. The summed E-state index contributed by atoms with van der Waals surface area (Å²) in [5.74, 6) is 0.747. The molecule has 162 valence electrons. The number of nitrogens with zero attached hydrogens (tertiary/aromatic N) is 2. The van der Waals surface area contributed by atoms with Crippen LogP contribution in [0.1, 0.15) is 39.7 Å². The quantitative estimate of drug-likeness (QED) is 0.483. The Morgan fingerprint density at radius 3 is 2.52 bits per heavy atom. The predicted octanol–water partition coefficient (Wildman–Crippen LogP) is 1.40. The predicted molar refractivity (Wildman–Crippen MR) is 112 cm³/mol. The largest absolute Gasteiger partial charge is 0.444 e. The molecule has 1 fully saturated rings. The van der Waals surface area contributed by atoms with Crippen LogP contribution in [0.25, 0.3) is 0 Å². The van der Waals surface area contributed by atoms with Gasteiger partial charge in [0.15, 0.2) is 5.96 Å². The second kappa shape index (κ2) is 9.45. The van der Waals surface area contributed by atoms with Crippen molar-refractivity contribution in [1.29, 1.82) is 0 Å². The van der Waals surface area contributed by atoms with Gasteiger partial charge in [-0.25, -0.2) is 23.3 Å². The Morgan fingerprint density at radius 1 is 1.31 bits per heavy atom. The number of benzene rings is 1. The molecule has 0 saturated carbocycles. The van der Waals surface area contributed by atoms with Crippen molar-refractivity contribution in [3.05, 3.63) is 29.8 Å². The first-order valence-corrected chi connectivity index (χ1v) is 11.2. The Hall–Kier alpha value is -2.33. The van der Waals surface area contributed by atoms with Crippen molar-refractivity contribution in [2.75, 3.05) is 19.6 Å². The summed E-state index contributed by atoms with van der Waals surface area (Å²) in [6.45, 7) is 9.99. The molecule has 1 atom stereocenters. The summed E-state index contributed by atoms with van der Waals surface area (Å²) in [6.07, 6.45) is 0.383. The van der Waals surface area contributed by atoms with Gasteiger partial charge < -0.3 is 20.3 Å². The summed E-state index contributed by atoms with van der Waals surface area (Å²) in [6, 6.07) is 6.34. The Balaban J connectivity index is 1.98. The van der Waals surface area contributed by atoms with Gasteiger partial charge in [-0.3, -0.25) is 0 Å². The number of rotatable bonds is 5. The van der Waals surface area contributed by atoms with E-state index >= 15 is 0 Å². The molecular formula is C19H31N5O4S. The molecule has 0 radical (unpaired) electrons. The number of alkyl carbamates (subject to hydrolysis) is 1. The van der Waals surface area contributed by atoms with Crippen LogP contribution in [-0.2, 0) is 21.3 Å². The van der Waals surface area contributed by atoms with E-state index in [1.165, 1.54) is 12.1 Å². The van der Waals surface area contributed by atoms with Crippen molar-refractivity contribution in [2.24, 2.45) is 10.1 Å². The second-order valence-corrected chi connectivity index (χ2v) is 9.50. The van der Waals surface area contributed by atoms with Gasteiger partial charge in [-0.2, -0.15) is 0 Å². The second-order valence-electron chi connectivity index (χ2n) is 7.94. The average molecular weight is 426 g/mol. The number of carbonyl (C=O) groups is 1. The van der Waals surface area contributed by atoms with Gasteiger partial charge in [0.25, 0.3) is 0 Å². The molecule has 2 rings (SSSR count). The smallest absolute Gasteiger partial charge is 0.407 e. The molecule has 10 heteroatoms. The van der Waals surface area contributed by atoms with Crippen LogP contribution in [0.4, 0.5) is 4.79 Å². The Morgan fingerprint density at radius 2 is 1.97 bits per heavy atom. The monoisotopic (exact) mass is 425 g/mol. The van der Waals surface area contributed by atoms with E-state index < -0.39 is 21.7 Å². The van der Waals surface area contributed by atoms with Crippen molar-refractivity contribution in [1.82, 2.24) is 15.5 Å². The van der Waals surface area contributed by atoms with Crippen LogP contribution >= 0.6 is 0 Å². The highest BCUT2D eigenvalue weighted by molar-refractivity contribution is 7.89. The van der Waals surface area contributed by atoms with E-state index in [4.69, 9.17) is 9.88 Å². The van der Waals surface area contributed by atoms with E-state index in [-0.39, 0.29) is 10.9 Å². The highest BCUT2D eigenvalue weighted by atomic mass is 32.2. The van der Waals surface area contributed by atoms with Crippen molar-refractivity contribution < 1.29 is 17.9 Å². The van der Waals surface area contributed by atoms with Gasteiger partial charge in [-0.15, -0.1) is 0 Å². The third-order valence-corrected chi connectivity index (χ3v) is 5.14. The van der Waals surface area contributed by atoms with Gasteiger partial charge in [-0.1, -0.05) is 12.1 Å². The van der Waals surface area contributed by atoms with Crippen molar-refractivity contribution in [3.63, 3.8) is 0 Å². The summed E-state index contributed by atoms with van der Waals surface area (Å²) in [5, 5.41) is 11.3. The number of nitrogens with one attached hydrogen (secondary N) is 2. The number of primary sulfonamides is 1. The van der Waals surface area contributed by atoms with E-state index in [9.17, 15) is 13.2 Å². The zero-order chi connectivity index (χ0) is 21.7. The number of amides is 1. The zero-order valence-electron chi connectivity index (χ0n) is 17.4. The molecule has 1 amide bonds. The number of guanidine groups is 1. The lowest BCUT2D eigenvalue weighted by Crippen LogP contribution is -2.44. The normalized spacial score (nSPS) is 17.9. The van der Waals surface area contributed by atoms with Crippen molar-refractivity contribution in [2.45, 2.75) is 57.2 Å². The molecule has 1 aromatic carbocycles. The van der Waals surface area contributed by atoms with Crippen LogP contribution in [-0.4, -0.2) is 56.6 Å². The van der Waals surface area contributed by atoms with Crippen LogP contribution in [0.3, 0.4) is 0 Å². The summed E-state index contributed by atoms with van der Waals surface area (Å²) >= 11 is 0. The standard InChI is InChI=1S/C19H31N5O4S/c1-5-21-17(22-12-14-6-8-16(9-7-14)29(20,26)27)24-11-10-15(13-24)23-18(25)28-19(2,3)4/h6-9,15H,5,10-13H2,1-4H3,(H,21,22)(H,23,25)(H2,20,26,27).